The number of methoxy groups -OCH3 is 1. The number of aryl methyl sites for hydroxylation is 1. The minimum absolute atomic E-state index is 0.260. The number of ether oxygens (including phenoxy) is 1. The number of hydrogen-bond donors (Lipinski definition) is 2. The average Bonchev–Trinajstić information content (AvgIpc) is 3.35. The van der Waals surface area contributed by atoms with Gasteiger partial charge < -0.3 is 10.1 Å². The summed E-state index contributed by atoms with van der Waals surface area (Å²) in [5.41, 5.74) is 2.21. The van der Waals surface area contributed by atoms with Gasteiger partial charge in [-0.1, -0.05) is 30.3 Å². The number of hydrogen-bond acceptors (Lipinski definition) is 4. The number of nitrogens with zero attached hydrogens (tertiary/aromatic N) is 3. The lowest BCUT2D eigenvalue weighted by molar-refractivity contribution is 0.159. The largest absolute Gasteiger partial charge is 0.383 e. The molecular weight excluding hydrogens is 428 g/mol. The van der Waals surface area contributed by atoms with E-state index in [0.29, 0.717) is 37.6 Å². The first-order valence-electron chi connectivity index (χ1n) is 10.8. The van der Waals surface area contributed by atoms with Crippen LogP contribution in [0, 0.1) is 11.6 Å². The summed E-state index contributed by atoms with van der Waals surface area (Å²) in [6, 6.07) is 14.2. The van der Waals surface area contributed by atoms with Crippen molar-refractivity contribution < 1.29 is 18.3 Å². The zero-order valence-corrected chi connectivity index (χ0v) is 18.6. The first-order valence-corrected chi connectivity index (χ1v) is 10.8. The summed E-state index contributed by atoms with van der Waals surface area (Å²) >= 11 is 0. The molecule has 0 radical (unpaired) electrons. The molecule has 0 saturated carbocycles. The second-order valence-electron chi connectivity index (χ2n) is 8.17. The van der Waals surface area contributed by atoms with Crippen LogP contribution in [-0.4, -0.2) is 60.1 Å². The third-order valence-electron chi connectivity index (χ3n) is 5.83. The summed E-state index contributed by atoms with van der Waals surface area (Å²) in [4.78, 5) is 15.0. The number of aromatic nitrogens is 2. The lowest BCUT2D eigenvalue weighted by Crippen LogP contribution is -2.42. The van der Waals surface area contributed by atoms with E-state index < -0.39 is 17.7 Å². The van der Waals surface area contributed by atoms with Gasteiger partial charge in [-0.05, 0) is 17.7 Å². The van der Waals surface area contributed by atoms with Crippen molar-refractivity contribution >= 4 is 11.8 Å². The highest BCUT2D eigenvalue weighted by atomic mass is 19.1. The van der Waals surface area contributed by atoms with Crippen molar-refractivity contribution in [2.24, 2.45) is 7.05 Å². The minimum atomic E-state index is -0.633. The molecular formula is C24H27F2N5O2. The molecule has 174 valence electrons. The molecule has 1 aromatic heterocycles. The van der Waals surface area contributed by atoms with Crippen LogP contribution >= 0.6 is 0 Å². The Kier molecular flexibility index (Phi) is 7.00. The van der Waals surface area contributed by atoms with Crippen molar-refractivity contribution in [3.63, 3.8) is 0 Å². The van der Waals surface area contributed by atoms with E-state index in [0.717, 1.165) is 17.3 Å². The molecule has 4 rings (SSSR count). The van der Waals surface area contributed by atoms with Crippen molar-refractivity contribution in [1.82, 2.24) is 20.0 Å². The maximum atomic E-state index is 13.9. The fraction of sp³-hybridized carbons (Fsp3) is 0.333. The number of amides is 2. The van der Waals surface area contributed by atoms with Crippen LogP contribution in [0.15, 0.2) is 54.6 Å². The van der Waals surface area contributed by atoms with Crippen molar-refractivity contribution in [1.29, 1.82) is 0 Å². The Labute approximate surface area is 191 Å². The van der Waals surface area contributed by atoms with Crippen LogP contribution in [0.5, 0.6) is 0 Å². The number of carbonyl (C=O) groups excluding carboxylic acids is 1. The number of rotatable bonds is 7. The number of nitrogens with one attached hydrogen (secondary N) is 2. The Hall–Kier alpha value is -3.30. The summed E-state index contributed by atoms with van der Waals surface area (Å²) in [5, 5.41) is 10.3. The second-order valence-corrected chi connectivity index (χ2v) is 8.17. The van der Waals surface area contributed by atoms with Crippen LogP contribution < -0.4 is 10.6 Å². The first kappa shape index (κ1) is 22.9. The molecule has 0 aliphatic carbocycles. The molecule has 2 amide bonds. The summed E-state index contributed by atoms with van der Waals surface area (Å²) in [6.07, 6.45) is 0. The lowest BCUT2D eigenvalue weighted by Gasteiger charge is -2.20. The Morgan fingerprint density at radius 1 is 1.12 bits per heavy atom. The van der Waals surface area contributed by atoms with Crippen LogP contribution in [0.25, 0.3) is 11.3 Å². The van der Waals surface area contributed by atoms with Crippen LogP contribution in [-0.2, 0) is 11.8 Å². The van der Waals surface area contributed by atoms with Crippen molar-refractivity contribution in [3.05, 3.63) is 71.8 Å². The Morgan fingerprint density at radius 2 is 1.85 bits per heavy atom. The van der Waals surface area contributed by atoms with E-state index in [-0.39, 0.29) is 12.0 Å². The molecule has 2 aromatic carbocycles. The topological polar surface area (TPSA) is 71.4 Å². The number of anilines is 1. The highest BCUT2D eigenvalue weighted by molar-refractivity contribution is 5.89. The smallest absolute Gasteiger partial charge is 0.320 e. The monoisotopic (exact) mass is 455 g/mol. The van der Waals surface area contributed by atoms with Gasteiger partial charge in [0.15, 0.2) is 0 Å². The van der Waals surface area contributed by atoms with Gasteiger partial charge in [-0.3, -0.25) is 14.9 Å². The molecule has 0 spiro atoms. The Morgan fingerprint density at radius 3 is 2.55 bits per heavy atom. The van der Waals surface area contributed by atoms with E-state index >= 15 is 0 Å². The van der Waals surface area contributed by atoms with E-state index in [1.807, 2.05) is 30.3 Å². The van der Waals surface area contributed by atoms with Crippen molar-refractivity contribution in [2.75, 3.05) is 38.7 Å². The highest BCUT2D eigenvalue weighted by Gasteiger charge is 2.35. The maximum Gasteiger partial charge on any atom is 0.320 e. The molecule has 2 heterocycles. The molecule has 2 N–H and O–H groups in total. The van der Waals surface area contributed by atoms with Gasteiger partial charge in [-0.15, -0.1) is 0 Å². The van der Waals surface area contributed by atoms with Gasteiger partial charge >= 0.3 is 6.03 Å². The molecule has 9 heteroatoms. The van der Waals surface area contributed by atoms with E-state index in [9.17, 15) is 13.6 Å². The summed E-state index contributed by atoms with van der Waals surface area (Å²) in [6.45, 7) is 2.29. The predicted molar refractivity (Wildman–Crippen MR) is 122 cm³/mol. The SMILES string of the molecule is COCCN1C[C@@H](NC(=O)Nc2cc(-c3ccccc3)nn2C)[C@H](c2cc(F)cc(F)c2)C1. The van der Waals surface area contributed by atoms with Crippen LogP contribution in [0.2, 0.25) is 0 Å². The molecule has 3 aromatic rings. The molecule has 7 nitrogen and oxygen atoms in total. The van der Waals surface area contributed by atoms with Gasteiger partial charge in [-0.25, -0.2) is 13.6 Å². The molecule has 0 bridgehead atoms. The van der Waals surface area contributed by atoms with Gasteiger partial charge in [-0.2, -0.15) is 5.10 Å². The molecule has 33 heavy (non-hydrogen) atoms. The van der Waals surface area contributed by atoms with Crippen LogP contribution in [0.3, 0.4) is 0 Å². The molecule has 2 atom stereocenters. The van der Waals surface area contributed by atoms with E-state index in [4.69, 9.17) is 4.74 Å². The standard InChI is InChI=1S/C24H27F2N5O2/c1-30-23(13-21(29-30)16-6-4-3-5-7-16)28-24(32)27-22-15-31(8-9-33-2)14-20(22)17-10-18(25)12-19(26)11-17/h3-7,10-13,20,22H,8-9,14-15H2,1-2H3,(H2,27,28,32)/t20-,22+/m0/s1. The van der Waals surface area contributed by atoms with Crippen LogP contribution in [0.4, 0.5) is 19.4 Å². The van der Waals surface area contributed by atoms with Crippen molar-refractivity contribution in [2.45, 2.75) is 12.0 Å². The maximum absolute atomic E-state index is 13.9. The summed E-state index contributed by atoms with van der Waals surface area (Å²) < 4.78 is 34.5. The lowest BCUT2D eigenvalue weighted by atomic mass is 9.94. The average molecular weight is 456 g/mol. The quantitative estimate of drug-likeness (QED) is 0.571. The Balaban J connectivity index is 1.48. The van der Waals surface area contributed by atoms with Gasteiger partial charge in [0.25, 0.3) is 0 Å². The predicted octanol–water partition coefficient (Wildman–Crippen LogP) is 3.60. The molecule has 1 aliphatic heterocycles. The molecule has 1 saturated heterocycles. The number of benzene rings is 2. The van der Waals surface area contributed by atoms with Gasteiger partial charge in [0.1, 0.15) is 17.5 Å². The number of urea groups is 1. The number of carbonyl (C=O) groups is 1. The Bertz CT molecular complexity index is 1090. The summed E-state index contributed by atoms with van der Waals surface area (Å²) in [5.74, 6) is -0.989. The van der Waals surface area contributed by atoms with Gasteiger partial charge in [0.05, 0.1) is 18.3 Å². The van der Waals surface area contributed by atoms with E-state index in [1.54, 1.807) is 24.9 Å². The number of halogens is 2. The normalized spacial score (nSPS) is 18.4. The highest BCUT2D eigenvalue weighted by Crippen LogP contribution is 2.29. The third-order valence-corrected chi connectivity index (χ3v) is 5.83. The zero-order chi connectivity index (χ0) is 23.4. The second kappa shape index (κ2) is 10.1. The van der Waals surface area contributed by atoms with E-state index in [1.165, 1.54) is 12.1 Å². The van der Waals surface area contributed by atoms with Crippen LogP contribution in [0.1, 0.15) is 11.5 Å². The summed E-state index contributed by atoms with van der Waals surface area (Å²) in [7, 11) is 3.37. The minimum Gasteiger partial charge on any atom is -0.383 e. The molecule has 1 fully saturated rings. The fourth-order valence-electron chi connectivity index (χ4n) is 4.22. The van der Waals surface area contributed by atoms with E-state index in [2.05, 4.69) is 20.6 Å². The van der Waals surface area contributed by atoms with Gasteiger partial charge in [0, 0.05) is 57.4 Å². The first-order chi connectivity index (χ1) is 15.9. The molecule has 1 aliphatic rings. The van der Waals surface area contributed by atoms with Crippen molar-refractivity contribution in [3.8, 4) is 11.3 Å². The van der Waals surface area contributed by atoms with Gasteiger partial charge in [0.2, 0.25) is 0 Å². The molecule has 0 unspecified atom stereocenters. The zero-order valence-electron chi connectivity index (χ0n) is 18.6. The fourth-order valence-corrected chi connectivity index (χ4v) is 4.22. The number of likely N-dealkylation sites (tertiary alicyclic amines) is 1. The third kappa shape index (κ3) is 5.55.